The van der Waals surface area contributed by atoms with Crippen molar-refractivity contribution in [1.82, 2.24) is 9.62 Å². The molecule has 7 nitrogen and oxygen atoms in total. The number of fused-ring (bicyclic) bond motifs is 1. The number of hydrogen-bond acceptors (Lipinski definition) is 5. The van der Waals surface area contributed by atoms with Gasteiger partial charge >= 0.3 is 0 Å². The van der Waals surface area contributed by atoms with E-state index in [1.54, 1.807) is 24.3 Å². The molecule has 176 valence electrons. The molecule has 4 aromatic rings. The van der Waals surface area contributed by atoms with E-state index in [4.69, 9.17) is 9.15 Å². The van der Waals surface area contributed by atoms with Gasteiger partial charge in [0.25, 0.3) is 0 Å². The zero-order chi connectivity index (χ0) is 24.1. The Kier molecular flexibility index (Phi) is 7.00. The minimum absolute atomic E-state index is 0.0650. The minimum atomic E-state index is -3.97. The van der Waals surface area contributed by atoms with Crippen LogP contribution in [0.25, 0.3) is 10.8 Å². The number of sulfonamides is 1. The molecule has 0 radical (unpaired) electrons. The lowest BCUT2D eigenvalue weighted by atomic mass is 10.0. The van der Waals surface area contributed by atoms with E-state index in [1.165, 1.54) is 25.5 Å². The molecule has 1 atom stereocenters. The number of methoxy groups -OCH3 is 1. The number of ether oxygens (including phenoxy) is 1. The molecule has 4 rings (SSSR count). The number of carbonyl (C=O) groups excluding carboxylic acids is 1. The van der Waals surface area contributed by atoms with Gasteiger partial charge in [0.15, 0.2) is 0 Å². The molecule has 0 saturated heterocycles. The number of benzene rings is 3. The van der Waals surface area contributed by atoms with Gasteiger partial charge in [0.1, 0.15) is 11.5 Å². The van der Waals surface area contributed by atoms with E-state index in [1.807, 2.05) is 49.4 Å². The van der Waals surface area contributed by atoms with Crippen molar-refractivity contribution in [1.29, 1.82) is 0 Å². The van der Waals surface area contributed by atoms with Crippen LogP contribution in [0.1, 0.15) is 24.3 Å². The fraction of sp³-hybridized carbons (Fsp3) is 0.192. The Labute approximate surface area is 199 Å². The minimum Gasteiger partial charge on any atom is -0.497 e. The molecule has 8 heteroatoms. The molecule has 0 saturated carbocycles. The van der Waals surface area contributed by atoms with Crippen LogP contribution in [0, 0.1) is 0 Å². The van der Waals surface area contributed by atoms with Crippen LogP contribution in [0.3, 0.4) is 0 Å². The average Bonchev–Trinajstić information content (AvgIpc) is 3.36. The smallest absolute Gasteiger partial charge is 0.243 e. The van der Waals surface area contributed by atoms with Crippen molar-refractivity contribution in [3.63, 3.8) is 0 Å². The van der Waals surface area contributed by atoms with E-state index in [9.17, 15) is 13.2 Å². The summed E-state index contributed by atoms with van der Waals surface area (Å²) in [7, 11) is -2.46. The van der Waals surface area contributed by atoms with Crippen molar-refractivity contribution in [2.45, 2.75) is 24.4 Å². The second-order valence-electron chi connectivity index (χ2n) is 7.92. The lowest BCUT2D eigenvalue weighted by Gasteiger charge is -2.22. The van der Waals surface area contributed by atoms with Crippen molar-refractivity contribution < 1.29 is 22.4 Å². The van der Waals surface area contributed by atoms with Crippen LogP contribution in [0.4, 0.5) is 0 Å². The van der Waals surface area contributed by atoms with Gasteiger partial charge in [0, 0.05) is 0 Å². The van der Waals surface area contributed by atoms with E-state index in [0.717, 1.165) is 20.6 Å². The van der Waals surface area contributed by atoms with E-state index in [2.05, 4.69) is 5.32 Å². The maximum absolute atomic E-state index is 13.4. The van der Waals surface area contributed by atoms with Gasteiger partial charge in [-0.25, -0.2) is 8.42 Å². The number of carbonyl (C=O) groups is 1. The van der Waals surface area contributed by atoms with Crippen LogP contribution in [-0.2, 0) is 21.4 Å². The molecule has 1 aromatic heterocycles. The number of furan rings is 1. The SMILES string of the molecule is COc1ccc(S(=O)(=O)N(CC(=O)NC(C)c2ccc3ccccc3c2)Cc2ccco2)cc1. The highest BCUT2D eigenvalue weighted by molar-refractivity contribution is 7.89. The lowest BCUT2D eigenvalue weighted by Crippen LogP contribution is -2.41. The summed E-state index contributed by atoms with van der Waals surface area (Å²) in [6, 6.07) is 23.1. The summed E-state index contributed by atoms with van der Waals surface area (Å²) in [6.07, 6.45) is 1.47. The van der Waals surface area contributed by atoms with E-state index >= 15 is 0 Å². The first-order chi connectivity index (χ1) is 16.4. The molecule has 3 aromatic carbocycles. The molecular weight excluding hydrogens is 452 g/mol. The Morgan fingerprint density at radius 3 is 2.41 bits per heavy atom. The average molecular weight is 479 g/mol. The molecule has 1 N–H and O–H groups in total. The number of rotatable bonds is 9. The molecule has 0 spiro atoms. The maximum atomic E-state index is 13.4. The molecular formula is C26H26N2O5S. The Morgan fingerprint density at radius 2 is 1.74 bits per heavy atom. The number of nitrogens with one attached hydrogen (secondary N) is 1. The van der Waals surface area contributed by atoms with E-state index in [0.29, 0.717) is 11.5 Å². The highest BCUT2D eigenvalue weighted by Gasteiger charge is 2.28. The van der Waals surface area contributed by atoms with Crippen molar-refractivity contribution >= 4 is 26.7 Å². The zero-order valence-corrected chi connectivity index (χ0v) is 19.8. The summed E-state index contributed by atoms with van der Waals surface area (Å²) < 4.78 is 38.3. The normalized spacial score (nSPS) is 12.6. The molecule has 0 fully saturated rings. The van der Waals surface area contributed by atoms with Crippen LogP contribution in [0.5, 0.6) is 5.75 Å². The molecule has 34 heavy (non-hydrogen) atoms. The molecule has 0 bridgehead atoms. The topological polar surface area (TPSA) is 88.9 Å². The van der Waals surface area contributed by atoms with Gasteiger partial charge in [-0.2, -0.15) is 4.31 Å². The first kappa shape index (κ1) is 23.5. The van der Waals surface area contributed by atoms with Crippen LogP contribution >= 0.6 is 0 Å². The number of hydrogen-bond donors (Lipinski definition) is 1. The molecule has 0 aliphatic carbocycles. The second kappa shape index (κ2) is 10.1. The van der Waals surface area contributed by atoms with Crippen LogP contribution in [0.2, 0.25) is 0 Å². The lowest BCUT2D eigenvalue weighted by molar-refractivity contribution is -0.122. The predicted molar refractivity (Wildman–Crippen MR) is 130 cm³/mol. The van der Waals surface area contributed by atoms with Crippen molar-refractivity contribution in [3.05, 3.63) is 96.4 Å². The van der Waals surface area contributed by atoms with Gasteiger partial charge in [-0.15, -0.1) is 0 Å². The van der Waals surface area contributed by atoms with Crippen molar-refractivity contribution in [3.8, 4) is 5.75 Å². The van der Waals surface area contributed by atoms with Crippen molar-refractivity contribution in [2.75, 3.05) is 13.7 Å². The fourth-order valence-electron chi connectivity index (χ4n) is 3.71. The first-order valence-electron chi connectivity index (χ1n) is 10.8. The molecule has 1 unspecified atom stereocenters. The summed E-state index contributed by atoms with van der Waals surface area (Å²) in [4.78, 5) is 13.0. The van der Waals surface area contributed by atoms with Gasteiger partial charge in [0.05, 0.1) is 37.4 Å². The van der Waals surface area contributed by atoms with E-state index < -0.39 is 15.9 Å². The van der Waals surface area contributed by atoms with Gasteiger partial charge in [-0.05, 0) is 65.7 Å². The summed E-state index contributed by atoms with van der Waals surface area (Å²) in [6.45, 7) is 1.45. The monoisotopic (exact) mass is 478 g/mol. The third-order valence-electron chi connectivity index (χ3n) is 5.58. The Morgan fingerprint density at radius 1 is 1.00 bits per heavy atom. The summed E-state index contributed by atoms with van der Waals surface area (Å²) in [5, 5.41) is 5.10. The Bertz CT molecular complexity index is 1370. The predicted octanol–water partition coefficient (Wildman–Crippen LogP) is 4.51. The van der Waals surface area contributed by atoms with E-state index in [-0.39, 0.29) is 24.0 Å². The van der Waals surface area contributed by atoms with Crippen LogP contribution in [0.15, 0.2) is 94.4 Å². The van der Waals surface area contributed by atoms with Gasteiger partial charge in [0.2, 0.25) is 15.9 Å². The highest BCUT2D eigenvalue weighted by Crippen LogP contribution is 2.23. The zero-order valence-electron chi connectivity index (χ0n) is 19.0. The van der Waals surface area contributed by atoms with Crippen LogP contribution in [-0.4, -0.2) is 32.3 Å². The fourth-order valence-corrected chi connectivity index (χ4v) is 5.07. The van der Waals surface area contributed by atoms with Gasteiger partial charge < -0.3 is 14.5 Å². The molecule has 0 aliphatic heterocycles. The standard InChI is InChI=1S/C26H26N2O5S/c1-19(21-10-9-20-6-3-4-7-22(20)16-21)27-26(29)18-28(17-24-8-5-15-33-24)34(30,31)25-13-11-23(32-2)12-14-25/h3-16,19H,17-18H2,1-2H3,(H,27,29). The summed E-state index contributed by atoms with van der Waals surface area (Å²) in [5.41, 5.74) is 0.933. The van der Waals surface area contributed by atoms with Gasteiger partial charge in [-0.1, -0.05) is 36.4 Å². The first-order valence-corrected chi connectivity index (χ1v) is 12.3. The van der Waals surface area contributed by atoms with Crippen molar-refractivity contribution in [2.24, 2.45) is 0 Å². The summed E-state index contributed by atoms with van der Waals surface area (Å²) >= 11 is 0. The molecule has 0 aliphatic rings. The number of amides is 1. The largest absolute Gasteiger partial charge is 0.497 e. The molecule has 1 amide bonds. The maximum Gasteiger partial charge on any atom is 0.243 e. The quantitative estimate of drug-likeness (QED) is 0.382. The Hall–Kier alpha value is -3.62. The highest BCUT2D eigenvalue weighted by atomic mass is 32.2. The third kappa shape index (κ3) is 5.30. The van der Waals surface area contributed by atoms with Crippen LogP contribution < -0.4 is 10.1 Å². The number of nitrogens with zero attached hydrogens (tertiary/aromatic N) is 1. The Balaban J connectivity index is 1.53. The molecule has 1 heterocycles. The third-order valence-corrected chi connectivity index (χ3v) is 7.39. The second-order valence-corrected chi connectivity index (χ2v) is 9.86. The summed E-state index contributed by atoms with van der Waals surface area (Å²) in [5.74, 6) is 0.565. The van der Waals surface area contributed by atoms with Gasteiger partial charge in [-0.3, -0.25) is 4.79 Å².